The number of rotatable bonds is 7. The summed E-state index contributed by atoms with van der Waals surface area (Å²) < 4.78 is 14.5. The summed E-state index contributed by atoms with van der Waals surface area (Å²) in [5.41, 5.74) is 2.21. The smallest absolute Gasteiger partial charge is 0.543 e. The van der Waals surface area contributed by atoms with Crippen LogP contribution in [0.4, 0.5) is 0 Å². The third-order valence-electron chi connectivity index (χ3n) is 3.51. The molecule has 0 unspecified atom stereocenters. The van der Waals surface area contributed by atoms with Gasteiger partial charge in [-0.1, -0.05) is 32.3 Å². The summed E-state index contributed by atoms with van der Waals surface area (Å²) in [4.78, 5) is 20.2. The largest absolute Gasteiger partial charge is 1.00 e. The van der Waals surface area contributed by atoms with Crippen LogP contribution in [-0.4, -0.2) is 52.3 Å². The van der Waals surface area contributed by atoms with Gasteiger partial charge in [-0.2, -0.15) is 4.37 Å². The van der Waals surface area contributed by atoms with E-state index in [2.05, 4.69) is 33.7 Å². The third-order valence-corrected chi connectivity index (χ3v) is 4.02. The zero-order valence-corrected chi connectivity index (χ0v) is 21.3. The van der Waals surface area contributed by atoms with Gasteiger partial charge in [-0.25, -0.2) is 0 Å². The fourth-order valence-electron chi connectivity index (χ4n) is 2.23. The molecular weight excluding hydrogens is 392 g/mol. The predicted octanol–water partition coefficient (Wildman–Crippen LogP) is -6.29. The number of ether oxygens (including phenoxy) is 1. The molecule has 0 N–H and O–H groups in total. The third kappa shape index (κ3) is 12.2. The van der Waals surface area contributed by atoms with Gasteiger partial charge in [0.25, 0.3) is 5.88 Å². The first-order chi connectivity index (χ1) is 12.0. The van der Waals surface area contributed by atoms with Gasteiger partial charge in [0.05, 0.1) is 30.3 Å². The molecule has 0 amide bonds. The number of aromatic nitrogens is 2. The summed E-state index contributed by atoms with van der Waals surface area (Å²) >= 11 is 1.25. The Morgan fingerprint density at radius 2 is 1.85 bits per heavy atom. The zero-order valence-electron chi connectivity index (χ0n) is 16.5. The molecule has 140 valence electrons. The molecule has 0 aliphatic carbocycles. The van der Waals surface area contributed by atoms with Crippen molar-refractivity contribution >= 4 is 29.2 Å². The quantitative estimate of drug-likeness (QED) is 0.245. The topological polar surface area (TPSA) is 119 Å². The molecule has 1 aromatic heterocycles. The number of likely N-dealkylation sites (N-methyl/N-ethyl adjacent to an activating group) is 1. The fraction of sp³-hybridized carbons (Fsp3) is 0.625. The van der Waals surface area contributed by atoms with Gasteiger partial charge in [-0.15, -0.1) is 4.37 Å². The summed E-state index contributed by atoms with van der Waals surface area (Å²) in [6, 6.07) is 0. The van der Waals surface area contributed by atoms with E-state index in [1.807, 2.05) is 0 Å². The monoisotopic (exact) mass is 415 g/mol. The molecule has 1 aliphatic heterocycles. The van der Waals surface area contributed by atoms with Crippen LogP contribution in [0.1, 0.15) is 44.7 Å². The van der Waals surface area contributed by atoms with Crippen LogP contribution < -0.4 is 74.1 Å². The number of carboxylic acid groups (broad SMARTS) is 2. The van der Waals surface area contributed by atoms with Crippen LogP contribution in [0.3, 0.4) is 0 Å². The molecule has 0 spiro atoms. The van der Waals surface area contributed by atoms with Crippen LogP contribution in [0.15, 0.2) is 6.08 Å². The van der Waals surface area contributed by atoms with Gasteiger partial charge < -0.3 is 29.4 Å². The second-order valence-electron chi connectivity index (χ2n) is 5.66. The summed E-state index contributed by atoms with van der Waals surface area (Å²) in [5, 5.41) is 17.9. The maximum absolute atomic E-state index is 8.93. The first-order valence-electron chi connectivity index (χ1n) is 8.21. The Morgan fingerprint density at radius 3 is 2.41 bits per heavy atom. The van der Waals surface area contributed by atoms with Crippen molar-refractivity contribution in [3.05, 3.63) is 11.8 Å². The van der Waals surface area contributed by atoms with Gasteiger partial charge in [-0.3, -0.25) is 0 Å². The van der Waals surface area contributed by atoms with E-state index >= 15 is 0 Å². The van der Waals surface area contributed by atoms with Crippen LogP contribution >= 0.6 is 11.7 Å². The zero-order chi connectivity index (χ0) is 18.7. The van der Waals surface area contributed by atoms with E-state index in [-0.39, 0.29) is 59.1 Å². The maximum atomic E-state index is 8.93. The second kappa shape index (κ2) is 16.9. The standard InChI is InChI=1S/C14H23N3OS.C2H2O4.2Na/c1-3-4-5-6-10-18-14-13(15-19-16-14)12-8-7-9-17(2)11-12;3-1(4)2(5)6;;/h8H,3-7,9-11H2,1-2H3;(H,3,4)(H,5,6);;/q;;2*+1/p-2. The number of unbranched alkanes of at least 4 members (excludes halogenated alkanes) is 3. The molecule has 27 heavy (non-hydrogen) atoms. The maximum Gasteiger partial charge on any atom is 1.00 e. The van der Waals surface area contributed by atoms with Crippen molar-refractivity contribution in [2.45, 2.75) is 39.0 Å². The Labute approximate surface area is 208 Å². The Hall–Kier alpha value is 0. The van der Waals surface area contributed by atoms with Crippen LogP contribution in [0.2, 0.25) is 0 Å². The summed E-state index contributed by atoms with van der Waals surface area (Å²) in [7, 11) is 2.14. The molecule has 8 nitrogen and oxygen atoms in total. The van der Waals surface area contributed by atoms with Crippen molar-refractivity contribution in [3.8, 4) is 5.88 Å². The van der Waals surface area contributed by atoms with Crippen LogP contribution in [-0.2, 0) is 9.59 Å². The second-order valence-corrected chi connectivity index (χ2v) is 6.19. The Kier molecular flexibility index (Phi) is 18.3. The normalized spacial score (nSPS) is 13.2. The Morgan fingerprint density at radius 1 is 1.19 bits per heavy atom. The number of carbonyl (C=O) groups excluding carboxylic acids is 2. The molecule has 11 heteroatoms. The molecule has 0 aromatic carbocycles. The Balaban J connectivity index is 0. The first kappa shape index (κ1) is 29.2. The van der Waals surface area contributed by atoms with Crippen molar-refractivity contribution in [1.29, 1.82) is 0 Å². The van der Waals surface area contributed by atoms with Crippen molar-refractivity contribution in [1.82, 2.24) is 13.6 Å². The van der Waals surface area contributed by atoms with E-state index in [9.17, 15) is 0 Å². The summed E-state index contributed by atoms with van der Waals surface area (Å²) in [5.74, 6) is -3.65. The van der Waals surface area contributed by atoms with Crippen molar-refractivity contribution in [2.24, 2.45) is 0 Å². The molecular formula is C16H23N3Na2O5S. The molecule has 1 aliphatic rings. The average molecular weight is 415 g/mol. The van der Waals surface area contributed by atoms with Gasteiger partial charge in [0.15, 0.2) is 0 Å². The summed E-state index contributed by atoms with van der Waals surface area (Å²) in [6.45, 7) is 5.03. The number of hydrogen-bond acceptors (Lipinski definition) is 9. The van der Waals surface area contributed by atoms with E-state index in [0.29, 0.717) is 0 Å². The molecule has 0 bridgehead atoms. The van der Waals surface area contributed by atoms with Crippen LogP contribution in [0.5, 0.6) is 5.88 Å². The molecule has 0 fully saturated rings. The number of nitrogens with zero attached hydrogens (tertiary/aromatic N) is 3. The number of aliphatic carboxylic acids is 2. The average Bonchev–Trinajstić information content (AvgIpc) is 3.03. The molecule has 2 rings (SSSR count). The van der Waals surface area contributed by atoms with Crippen molar-refractivity contribution in [3.63, 3.8) is 0 Å². The Bertz CT molecular complexity index is 586. The molecule has 0 saturated carbocycles. The molecule has 0 atom stereocenters. The van der Waals surface area contributed by atoms with Gasteiger partial charge in [0, 0.05) is 13.1 Å². The first-order valence-corrected chi connectivity index (χ1v) is 8.94. The van der Waals surface area contributed by atoms with E-state index in [0.717, 1.165) is 44.1 Å². The van der Waals surface area contributed by atoms with E-state index < -0.39 is 11.9 Å². The molecule has 1 aromatic rings. The molecule has 0 saturated heterocycles. The van der Waals surface area contributed by atoms with Crippen molar-refractivity contribution < 1.29 is 83.7 Å². The van der Waals surface area contributed by atoms with Crippen LogP contribution in [0.25, 0.3) is 5.57 Å². The van der Waals surface area contributed by atoms with E-state index in [4.69, 9.17) is 24.5 Å². The van der Waals surface area contributed by atoms with Crippen LogP contribution in [0, 0.1) is 0 Å². The predicted molar refractivity (Wildman–Crippen MR) is 89.7 cm³/mol. The minimum atomic E-state index is -2.19. The van der Waals surface area contributed by atoms with E-state index in [1.165, 1.54) is 36.6 Å². The van der Waals surface area contributed by atoms with Gasteiger partial charge in [0.2, 0.25) is 0 Å². The van der Waals surface area contributed by atoms with Gasteiger partial charge >= 0.3 is 59.1 Å². The fourth-order valence-corrected chi connectivity index (χ4v) is 2.77. The summed E-state index contributed by atoms with van der Waals surface area (Å²) in [6.07, 6.45) is 8.21. The number of carboxylic acids is 2. The number of hydrogen-bond donors (Lipinski definition) is 0. The van der Waals surface area contributed by atoms with E-state index in [1.54, 1.807) is 0 Å². The number of carbonyl (C=O) groups is 2. The minimum Gasteiger partial charge on any atom is -0.543 e. The van der Waals surface area contributed by atoms with Crippen molar-refractivity contribution in [2.75, 3.05) is 26.7 Å². The molecule has 2 heterocycles. The molecule has 0 radical (unpaired) electrons. The van der Waals surface area contributed by atoms with Gasteiger partial charge in [0.1, 0.15) is 5.69 Å². The SMILES string of the molecule is CCCCCCOc1nsnc1C1=CCCN(C)C1.O=C([O-])C(=O)[O-].[Na+].[Na+]. The van der Waals surface area contributed by atoms with Gasteiger partial charge in [-0.05, 0) is 25.5 Å². The minimum absolute atomic E-state index is 0.